The Balaban J connectivity index is 3.05. The first kappa shape index (κ1) is 12.4. The molecule has 0 fully saturated rings. The number of benzene rings is 1. The molecule has 1 aromatic carbocycles. The van der Waals surface area contributed by atoms with Crippen LogP contribution in [-0.4, -0.2) is 16.6 Å². The minimum Gasteiger partial charge on any atom is -0.396 e. The number of rotatable bonds is 4. The van der Waals surface area contributed by atoms with E-state index in [0.717, 1.165) is 5.56 Å². The summed E-state index contributed by atoms with van der Waals surface area (Å²) < 4.78 is 0. The van der Waals surface area contributed by atoms with Gasteiger partial charge in [-0.2, -0.15) is 0 Å². The van der Waals surface area contributed by atoms with Gasteiger partial charge >= 0.3 is 0 Å². The molecule has 0 saturated carbocycles. The lowest BCUT2D eigenvalue weighted by Gasteiger charge is -2.03. The lowest BCUT2D eigenvalue weighted by molar-refractivity contribution is -0.386. The number of hydrogen-bond donors (Lipinski definition) is 1. The van der Waals surface area contributed by atoms with Gasteiger partial charge in [-0.25, -0.2) is 0 Å². The molecule has 86 valence electrons. The SMILES string of the molecule is Cc1cc(/C=C/CCO)cc(C)c1[N+](=O)[O-]. The number of hydrogen-bond acceptors (Lipinski definition) is 3. The van der Waals surface area contributed by atoms with E-state index in [1.807, 2.05) is 12.2 Å². The Morgan fingerprint density at radius 3 is 2.38 bits per heavy atom. The molecule has 1 N–H and O–H groups in total. The van der Waals surface area contributed by atoms with Gasteiger partial charge in [0.1, 0.15) is 0 Å². The van der Waals surface area contributed by atoms with E-state index in [0.29, 0.717) is 17.5 Å². The lowest BCUT2D eigenvalue weighted by Crippen LogP contribution is -1.95. The lowest BCUT2D eigenvalue weighted by atomic mass is 10.0. The number of aliphatic hydroxyl groups excluding tert-OH is 1. The fraction of sp³-hybridized carbons (Fsp3) is 0.333. The van der Waals surface area contributed by atoms with Crippen LogP contribution in [0.3, 0.4) is 0 Å². The largest absolute Gasteiger partial charge is 0.396 e. The van der Waals surface area contributed by atoms with Gasteiger partial charge in [-0.3, -0.25) is 10.1 Å². The van der Waals surface area contributed by atoms with Crippen molar-refractivity contribution < 1.29 is 10.0 Å². The molecule has 0 amide bonds. The van der Waals surface area contributed by atoms with Crippen LogP contribution in [0.2, 0.25) is 0 Å². The van der Waals surface area contributed by atoms with Gasteiger partial charge in [-0.1, -0.05) is 12.2 Å². The van der Waals surface area contributed by atoms with E-state index in [-0.39, 0.29) is 17.2 Å². The van der Waals surface area contributed by atoms with Gasteiger partial charge < -0.3 is 5.11 Å². The fourth-order valence-electron chi connectivity index (χ4n) is 1.67. The first-order valence-electron chi connectivity index (χ1n) is 5.09. The van der Waals surface area contributed by atoms with Crippen LogP contribution >= 0.6 is 0 Å². The molecule has 0 aliphatic carbocycles. The molecule has 0 spiro atoms. The highest BCUT2D eigenvalue weighted by molar-refractivity contribution is 5.58. The van der Waals surface area contributed by atoms with Gasteiger partial charge in [0.15, 0.2) is 0 Å². The van der Waals surface area contributed by atoms with E-state index in [1.165, 1.54) is 0 Å². The van der Waals surface area contributed by atoms with E-state index < -0.39 is 0 Å². The van der Waals surface area contributed by atoms with Crippen LogP contribution in [0.15, 0.2) is 18.2 Å². The van der Waals surface area contributed by atoms with Crippen LogP contribution in [0.1, 0.15) is 23.1 Å². The number of nitro groups is 1. The van der Waals surface area contributed by atoms with Crippen molar-refractivity contribution in [2.24, 2.45) is 0 Å². The Morgan fingerprint density at radius 2 is 1.94 bits per heavy atom. The summed E-state index contributed by atoms with van der Waals surface area (Å²) in [6.45, 7) is 3.57. The molecule has 4 heteroatoms. The van der Waals surface area contributed by atoms with Gasteiger partial charge in [-0.15, -0.1) is 0 Å². The monoisotopic (exact) mass is 221 g/mol. The highest BCUT2D eigenvalue weighted by Crippen LogP contribution is 2.24. The maximum absolute atomic E-state index is 10.8. The molecular weight excluding hydrogens is 206 g/mol. The third-order valence-electron chi connectivity index (χ3n) is 2.30. The zero-order chi connectivity index (χ0) is 12.1. The van der Waals surface area contributed by atoms with Crippen LogP contribution in [0.4, 0.5) is 5.69 Å². The zero-order valence-electron chi connectivity index (χ0n) is 9.43. The van der Waals surface area contributed by atoms with Crippen molar-refractivity contribution in [3.63, 3.8) is 0 Å². The molecule has 0 unspecified atom stereocenters. The summed E-state index contributed by atoms with van der Waals surface area (Å²) >= 11 is 0. The highest BCUT2D eigenvalue weighted by Gasteiger charge is 2.14. The molecule has 0 atom stereocenters. The Morgan fingerprint density at radius 1 is 1.38 bits per heavy atom. The molecule has 0 aliphatic heterocycles. The Hall–Kier alpha value is -1.68. The normalized spacial score (nSPS) is 10.9. The summed E-state index contributed by atoms with van der Waals surface area (Å²) in [5.74, 6) is 0. The van der Waals surface area contributed by atoms with Crippen LogP contribution in [0.5, 0.6) is 0 Å². The Labute approximate surface area is 94.4 Å². The second-order valence-electron chi connectivity index (χ2n) is 3.68. The number of aliphatic hydroxyl groups is 1. The second kappa shape index (κ2) is 5.42. The highest BCUT2D eigenvalue weighted by atomic mass is 16.6. The quantitative estimate of drug-likeness (QED) is 0.627. The second-order valence-corrected chi connectivity index (χ2v) is 3.68. The topological polar surface area (TPSA) is 63.4 Å². The molecular formula is C12H15NO3. The Kier molecular flexibility index (Phi) is 4.19. The molecule has 0 aromatic heterocycles. The third-order valence-corrected chi connectivity index (χ3v) is 2.30. The standard InChI is InChI=1S/C12H15NO3/c1-9-7-11(5-3-4-6-14)8-10(2)12(9)13(15)16/h3,5,7-8,14H,4,6H2,1-2H3/b5-3+. The number of nitrogens with zero attached hydrogens (tertiary/aromatic N) is 1. The van der Waals surface area contributed by atoms with Gasteiger partial charge in [0.2, 0.25) is 0 Å². The van der Waals surface area contributed by atoms with E-state index in [1.54, 1.807) is 26.0 Å². The Bertz CT molecular complexity index is 401. The molecule has 0 saturated heterocycles. The van der Waals surface area contributed by atoms with E-state index in [4.69, 9.17) is 5.11 Å². The van der Waals surface area contributed by atoms with Crippen molar-refractivity contribution in [3.8, 4) is 0 Å². The fourth-order valence-corrected chi connectivity index (χ4v) is 1.67. The summed E-state index contributed by atoms with van der Waals surface area (Å²) in [7, 11) is 0. The zero-order valence-corrected chi connectivity index (χ0v) is 9.43. The molecule has 4 nitrogen and oxygen atoms in total. The molecule has 0 bridgehead atoms. The molecule has 0 radical (unpaired) electrons. The summed E-state index contributed by atoms with van der Waals surface area (Å²) in [5, 5.41) is 19.4. The van der Waals surface area contributed by atoms with Crippen LogP contribution in [-0.2, 0) is 0 Å². The van der Waals surface area contributed by atoms with Gasteiger partial charge in [-0.05, 0) is 38.0 Å². The van der Waals surface area contributed by atoms with E-state index in [9.17, 15) is 10.1 Å². The van der Waals surface area contributed by atoms with Gasteiger partial charge in [0.05, 0.1) is 4.92 Å². The van der Waals surface area contributed by atoms with E-state index in [2.05, 4.69) is 0 Å². The molecule has 1 aromatic rings. The smallest absolute Gasteiger partial charge is 0.275 e. The average Bonchev–Trinajstić information content (AvgIpc) is 2.16. The van der Waals surface area contributed by atoms with Crippen LogP contribution in [0.25, 0.3) is 6.08 Å². The molecule has 16 heavy (non-hydrogen) atoms. The van der Waals surface area contributed by atoms with E-state index >= 15 is 0 Å². The number of nitro benzene ring substituents is 1. The van der Waals surface area contributed by atoms with Gasteiger partial charge in [0, 0.05) is 17.7 Å². The van der Waals surface area contributed by atoms with Crippen molar-refractivity contribution in [1.29, 1.82) is 0 Å². The predicted octanol–water partition coefficient (Wildman–Crippen LogP) is 2.61. The molecule has 1 rings (SSSR count). The third kappa shape index (κ3) is 2.90. The first-order chi connectivity index (χ1) is 7.56. The maximum atomic E-state index is 10.8. The van der Waals surface area contributed by atoms with Crippen LogP contribution < -0.4 is 0 Å². The summed E-state index contributed by atoms with van der Waals surface area (Å²) in [4.78, 5) is 10.4. The van der Waals surface area contributed by atoms with Crippen molar-refractivity contribution in [3.05, 3.63) is 45.0 Å². The van der Waals surface area contributed by atoms with Crippen LogP contribution in [0, 0.1) is 24.0 Å². The van der Waals surface area contributed by atoms with Gasteiger partial charge in [0.25, 0.3) is 5.69 Å². The van der Waals surface area contributed by atoms with Crippen molar-refractivity contribution >= 4 is 11.8 Å². The van der Waals surface area contributed by atoms with Crippen molar-refractivity contribution in [2.45, 2.75) is 20.3 Å². The minimum atomic E-state index is -0.355. The van der Waals surface area contributed by atoms with Crippen molar-refractivity contribution in [2.75, 3.05) is 6.61 Å². The number of aryl methyl sites for hydroxylation is 2. The summed E-state index contributed by atoms with van der Waals surface area (Å²) in [6.07, 6.45) is 4.30. The maximum Gasteiger partial charge on any atom is 0.275 e. The molecule has 0 heterocycles. The predicted molar refractivity (Wildman–Crippen MR) is 63.3 cm³/mol. The summed E-state index contributed by atoms with van der Waals surface area (Å²) in [6, 6.07) is 3.55. The first-order valence-corrected chi connectivity index (χ1v) is 5.09. The minimum absolute atomic E-state index is 0.113. The van der Waals surface area contributed by atoms with Crippen molar-refractivity contribution in [1.82, 2.24) is 0 Å². The average molecular weight is 221 g/mol. The molecule has 0 aliphatic rings. The summed E-state index contributed by atoms with van der Waals surface area (Å²) in [5.41, 5.74) is 2.43.